The maximum atomic E-state index is 13.4. The third kappa shape index (κ3) is 4.66. The molecule has 160 valence electrons. The number of nitrogens with zero attached hydrogens (tertiary/aromatic N) is 2. The molecular formula is C24H24FN3O3. The van der Waals surface area contributed by atoms with Gasteiger partial charge >= 0.3 is 0 Å². The third-order valence-electron chi connectivity index (χ3n) is 5.73. The number of hydrogen-bond donors (Lipinski definition) is 1. The molecule has 2 amide bonds. The van der Waals surface area contributed by atoms with E-state index in [4.69, 9.17) is 4.42 Å². The van der Waals surface area contributed by atoms with Gasteiger partial charge in [0.15, 0.2) is 0 Å². The van der Waals surface area contributed by atoms with Crippen molar-refractivity contribution in [1.82, 2.24) is 15.2 Å². The number of halogens is 1. The van der Waals surface area contributed by atoms with E-state index in [0.717, 1.165) is 16.8 Å². The second-order valence-corrected chi connectivity index (χ2v) is 7.78. The molecule has 6 nitrogen and oxygen atoms in total. The number of aryl methyl sites for hydroxylation is 1. The highest BCUT2D eigenvalue weighted by atomic mass is 19.1. The molecule has 1 unspecified atom stereocenters. The summed E-state index contributed by atoms with van der Waals surface area (Å²) in [5.74, 6) is -0.711. The van der Waals surface area contributed by atoms with Crippen molar-refractivity contribution in [2.75, 3.05) is 13.1 Å². The van der Waals surface area contributed by atoms with Gasteiger partial charge < -0.3 is 14.6 Å². The fraction of sp³-hybridized carbons (Fsp3) is 0.292. The van der Waals surface area contributed by atoms with Gasteiger partial charge in [-0.15, -0.1) is 0 Å². The predicted molar refractivity (Wildman–Crippen MR) is 113 cm³/mol. The highest BCUT2D eigenvalue weighted by molar-refractivity contribution is 5.94. The van der Waals surface area contributed by atoms with Crippen LogP contribution in [-0.2, 0) is 4.79 Å². The van der Waals surface area contributed by atoms with Crippen molar-refractivity contribution in [3.05, 3.63) is 89.4 Å². The standard InChI is InChI=1S/C24H24FN3O3/c1-16-3-2-11-26-21(16)22(17-4-6-20(25)7-5-17)27-23(29)18-8-12-28(13-9-18)24(30)19-10-14-31-15-19/h2-7,10-11,14-15,18,22H,8-9,12-13H2,1H3,(H,27,29). The van der Waals surface area contributed by atoms with Gasteiger partial charge in [-0.2, -0.15) is 0 Å². The summed E-state index contributed by atoms with van der Waals surface area (Å²) >= 11 is 0. The number of benzene rings is 1. The Bertz CT molecular complexity index is 1040. The summed E-state index contributed by atoms with van der Waals surface area (Å²) in [5, 5.41) is 3.11. The van der Waals surface area contributed by atoms with Gasteiger partial charge in [-0.3, -0.25) is 14.6 Å². The monoisotopic (exact) mass is 421 g/mol. The van der Waals surface area contributed by atoms with Crippen molar-refractivity contribution >= 4 is 11.8 Å². The van der Waals surface area contributed by atoms with E-state index in [9.17, 15) is 14.0 Å². The van der Waals surface area contributed by atoms with Gasteiger partial charge in [0.25, 0.3) is 5.91 Å². The number of amides is 2. The Morgan fingerprint density at radius 1 is 1.16 bits per heavy atom. The minimum atomic E-state index is -0.472. The lowest BCUT2D eigenvalue weighted by Crippen LogP contribution is -2.44. The van der Waals surface area contributed by atoms with Crippen LogP contribution in [0.1, 0.15) is 46.1 Å². The van der Waals surface area contributed by atoms with Crippen LogP contribution in [0.4, 0.5) is 4.39 Å². The molecule has 0 bridgehead atoms. The number of rotatable bonds is 5. The van der Waals surface area contributed by atoms with Gasteiger partial charge in [0.05, 0.1) is 23.6 Å². The number of likely N-dealkylation sites (tertiary alicyclic amines) is 1. The van der Waals surface area contributed by atoms with Crippen molar-refractivity contribution in [2.24, 2.45) is 5.92 Å². The van der Waals surface area contributed by atoms with Crippen LogP contribution in [0.25, 0.3) is 0 Å². The molecule has 1 N–H and O–H groups in total. The number of nitrogens with one attached hydrogen (secondary N) is 1. The average Bonchev–Trinajstić information content (AvgIpc) is 3.33. The molecule has 31 heavy (non-hydrogen) atoms. The quantitative estimate of drug-likeness (QED) is 0.678. The van der Waals surface area contributed by atoms with Gasteiger partial charge in [0.2, 0.25) is 5.91 Å². The van der Waals surface area contributed by atoms with E-state index in [2.05, 4.69) is 10.3 Å². The van der Waals surface area contributed by atoms with E-state index in [1.165, 1.54) is 24.7 Å². The number of pyridine rings is 1. The van der Waals surface area contributed by atoms with Crippen LogP contribution < -0.4 is 5.32 Å². The Labute approximate surface area is 180 Å². The highest BCUT2D eigenvalue weighted by Gasteiger charge is 2.30. The van der Waals surface area contributed by atoms with Gasteiger partial charge in [-0.25, -0.2) is 4.39 Å². The second kappa shape index (κ2) is 9.12. The minimum Gasteiger partial charge on any atom is -0.472 e. The first-order valence-corrected chi connectivity index (χ1v) is 10.3. The van der Waals surface area contributed by atoms with Gasteiger partial charge in [-0.1, -0.05) is 18.2 Å². The van der Waals surface area contributed by atoms with Gasteiger partial charge in [-0.05, 0) is 55.2 Å². The zero-order chi connectivity index (χ0) is 21.8. The average molecular weight is 421 g/mol. The van der Waals surface area contributed by atoms with E-state index < -0.39 is 6.04 Å². The number of carbonyl (C=O) groups excluding carboxylic acids is 2. The molecule has 2 aromatic heterocycles. The van der Waals surface area contributed by atoms with Crippen LogP contribution in [-0.4, -0.2) is 34.8 Å². The van der Waals surface area contributed by atoms with Crippen LogP contribution in [0.2, 0.25) is 0 Å². The largest absolute Gasteiger partial charge is 0.472 e. The fourth-order valence-electron chi connectivity index (χ4n) is 3.94. The van der Waals surface area contributed by atoms with Crippen molar-refractivity contribution in [3.8, 4) is 0 Å². The summed E-state index contributed by atoms with van der Waals surface area (Å²) in [6.07, 6.45) is 5.75. The first-order valence-electron chi connectivity index (χ1n) is 10.3. The molecule has 1 aromatic carbocycles. The van der Waals surface area contributed by atoms with E-state index in [0.29, 0.717) is 31.5 Å². The van der Waals surface area contributed by atoms with Crippen molar-refractivity contribution < 1.29 is 18.4 Å². The van der Waals surface area contributed by atoms with Crippen LogP contribution >= 0.6 is 0 Å². The van der Waals surface area contributed by atoms with Gasteiger partial charge in [0.1, 0.15) is 12.1 Å². The summed E-state index contributed by atoms with van der Waals surface area (Å²) in [7, 11) is 0. The summed E-state index contributed by atoms with van der Waals surface area (Å²) in [6.45, 7) is 2.95. The summed E-state index contributed by atoms with van der Waals surface area (Å²) < 4.78 is 18.4. The number of furan rings is 1. The molecule has 1 aliphatic rings. The molecule has 1 aliphatic heterocycles. The Kier molecular flexibility index (Phi) is 6.11. The molecule has 0 radical (unpaired) electrons. The normalized spacial score (nSPS) is 15.5. The molecule has 7 heteroatoms. The fourth-order valence-corrected chi connectivity index (χ4v) is 3.94. The van der Waals surface area contributed by atoms with E-state index in [1.54, 1.807) is 29.3 Å². The summed E-state index contributed by atoms with van der Waals surface area (Å²) in [5.41, 5.74) is 2.96. The summed E-state index contributed by atoms with van der Waals surface area (Å²) in [4.78, 5) is 31.8. The molecule has 0 saturated carbocycles. The van der Waals surface area contributed by atoms with Crippen LogP contribution in [0.15, 0.2) is 65.6 Å². The lowest BCUT2D eigenvalue weighted by atomic mass is 9.93. The Morgan fingerprint density at radius 3 is 2.55 bits per heavy atom. The molecule has 1 fully saturated rings. The van der Waals surface area contributed by atoms with Crippen LogP contribution in [0.3, 0.4) is 0 Å². The van der Waals surface area contributed by atoms with Crippen LogP contribution in [0, 0.1) is 18.7 Å². The molecule has 0 spiro atoms. The van der Waals surface area contributed by atoms with Crippen molar-refractivity contribution in [1.29, 1.82) is 0 Å². The molecular weight excluding hydrogens is 397 g/mol. The predicted octanol–water partition coefficient (Wildman–Crippen LogP) is 3.88. The third-order valence-corrected chi connectivity index (χ3v) is 5.73. The highest BCUT2D eigenvalue weighted by Crippen LogP contribution is 2.26. The molecule has 4 rings (SSSR count). The Morgan fingerprint density at radius 2 is 1.90 bits per heavy atom. The SMILES string of the molecule is Cc1cccnc1C(NC(=O)C1CCN(C(=O)c2ccoc2)CC1)c1ccc(F)cc1. The van der Waals surface area contributed by atoms with Crippen molar-refractivity contribution in [3.63, 3.8) is 0 Å². The summed E-state index contributed by atoms with van der Waals surface area (Å²) in [6, 6.07) is 11.0. The number of carbonyl (C=O) groups is 2. The zero-order valence-electron chi connectivity index (χ0n) is 17.3. The molecule has 1 atom stereocenters. The van der Waals surface area contributed by atoms with Crippen LogP contribution in [0.5, 0.6) is 0 Å². The number of hydrogen-bond acceptors (Lipinski definition) is 4. The Balaban J connectivity index is 1.46. The molecule has 3 aromatic rings. The first-order chi connectivity index (χ1) is 15.0. The van der Waals surface area contributed by atoms with E-state index >= 15 is 0 Å². The van der Waals surface area contributed by atoms with Gasteiger partial charge in [0, 0.05) is 25.2 Å². The zero-order valence-corrected chi connectivity index (χ0v) is 17.3. The second-order valence-electron chi connectivity index (χ2n) is 7.78. The molecule has 1 saturated heterocycles. The minimum absolute atomic E-state index is 0.0825. The van der Waals surface area contributed by atoms with Crippen molar-refractivity contribution in [2.45, 2.75) is 25.8 Å². The lowest BCUT2D eigenvalue weighted by Gasteiger charge is -2.32. The lowest BCUT2D eigenvalue weighted by molar-refractivity contribution is -0.126. The maximum Gasteiger partial charge on any atom is 0.257 e. The number of piperidine rings is 1. The molecule has 0 aliphatic carbocycles. The number of aromatic nitrogens is 1. The first kappa shape index (κ1) is 20.8. The molecule has 3 heterocycles. The smallest absolute Gasteiger partial charge is 0.257 e. The van der Waals surface area contributed by atoms with E-state index in [-0.39, 0.29) is 23.5 Å². The van der Waals surface area contributed by atoms with E-state index in [1.807, 2.05) is 19.1 Å². The topological polar surface area (TPSA) is 75.4 Å². The Hall–Kier alpha value is -3.48. The maximum absolute atomic E-state index is 13.4.